The van der Waals surface area contributed by atoms with E-state index in [0.29, 0.717) is 25.3 Å². The summed E-state index contributed by atoms with van der Waals surface area (Å²) in [4.78, 5) is 28.6. The van der Waals surface area contributed by atoms with Gasteiger partial charge in [0.05, 0.1) is 17.8 Å². The number of carbonyl (C=O) groups excluding carboxylic acids is 2. The first kappa shape index (κ1) is 18.4. The Bertz CT molecular complexity index is 767. The average molecular weight is 376 g/mol. The van der Waals surface area contributed by atoms with Gasteiger partial charge in [-0.2, -0.15) is 5.10 Å². The van der Waals surface area contributed by atoms with Crippen molar-refractivity contribution in [3.8, 4) is 0 Å². The molecule has 3 heterocycles. The minimum atomic E-state index is -0.316. The van der Waals surface area contributed by atoms with Gasteiger partial charge >= 0.3 is 0 Å². The van der Waals surface area contributed by atoms with Crippen LogP contribution in [0.25, 0.3) is 0 Å². The van der Waals surface area contributed by atoms with Gasteiger partial charge in [0.2, 0.25) is 11.8 Å². The number of aromatic nitrogens is 2. The zero-order valence-corrected chi connectivity index (χ0v) is 15.1. The minimum Gasteiger partial charge on any atom is -0.340 e. The van der Waals surface area contributed by atoms with Crippen LogP contribution in [0.5, 0.6) is 0 Å². The molecule has 2 fully saturated rings. The Morgan fingerprint density at radius 2 is 1.96 bits per heavy atom. The lowest BCUT2D eigenvalue weighted by Gasteiger charge is -2.20. The van der Waals surface area contributed by atoms with Crippen LogP contribution in [0.1, 0.15) is 17.9 Å². The number of benzene rings is 1. The van der Waals surface area contributed by atoms with Crippen LogP contribution in [0.2, 0.25) is 0 Å². The number of hydrogen-bond acceptors (Lipinski definition) is 4. The number of aromatic amines is 1. The Morgan fingerprint density at radius 3 is 2.65 bits per heavy atom. The van der Waals surface area contributed by atoms with Crippen molar-refractivity contribution in [1.29, 1.82) is 0 Å². The van der Waals surface area contributed by atoms with Crippen LogP contribution in [-0.2, 0) is 9.59 Å². The highest BCUT2D eigenvalue weighted by Crippen LogP contribution is 2.30. The van der Waals surface area contributed by atoms with Gasteiger partial charge in [0.25, 0.3) is 0 Å². The minimum absolute atomic E-state index is 0. The topological polar surface area (TPSA) is 95.3 Å². The SMILES string of the molecule is Cl.N[C@@H]1CN(C(=O)C2CC(=O)N(c3cn[nH]c3)C2)C[C@H]1c1ccccc1. The number of H-pyrrole nitrogens is 1. The van der Waals surface area contributed by atoms with E-state index in [2.05, 4.69) is 22.3 Å². The van der Waals surface area contributed by atoms with Crippen molar-refractivity contribution in [2.45, 2.75) is 18.4 Å². The van der Waals surface area contributed by atoms with Crippen molar-refractivity contribution < 1.29 is 9.59 Å². The van der Waals surface area contributed by atoms with Crippen LogP contribution < -0.4 is 10.6 Å². The number of anilines is 1. The van der Waals surface area contributed by atoms with E-state index < -0.39 is 0 Å². The molecule has 2 aromatic rings. The Kier molecular flexibility index (Phi) is 5.29. The summed E-state index contributed by atoms with van der Waals surface area (Å²) in [6, 6.07) is 9.99. The molecule has 3 atom stereocenters. The zero-order chi connectivity index (χ0) is 17.4. The molecule has 7 nitrogen and oxygen atoms in total. The van der Waals surface area contributed by atoms with E-state index in [0.717, 1.165) is 5.56 Å². The van der Waals surface area contributed by atoms with Gasteiger partial charge in [-0.25, -0.2) is 0 Å². The predicted molar refractivity (Wildman–Crippen MR) is 100 cm³/mol. The molecule has 1 unspecified atom stereocenters. The van der Waals surface area contributed by atoms with E-state index in [9.17, 15) is 9.59 Å². The van der Waals surface area contributed by atoms with E-state index in [1.165, 1.54) is 0 Å². The molecule has 0 spiro atoms. The summed E-state index contributed by atoms with van der Waals surface area (Å²) in [7, 11) is 0. The fourth-order valence-corrected chi connectivity index (χ4v) is 3.83. The van der Waals surface area contributed by atoms with Gasteiger partial charge in [-0.1, -0.05) is 30.3 Å². The highest BCUT2D eigenvalue weighted by atomic mass is 35.5. The number of nitrogens with one attached hydrogen (secondary N) is 1. The van der Waals surface area contributed by atoms with Crippen molar-refractivity contribution in [1.82, 2.24) is 15.1 Å². The molecule has 3 N–H and O–H groups in total. The Balaban J connectivity index is 0.00000196. The second-order valence-corrected chi connectivity index (χ2v) is 6.79. The second-order valence-electron chi connectivity index (χ2n) is 6.79. The first-order valence-electron chi connectivity index (χ1n) is 8.52. The highest BCUT2D eigenvalue weighted by Gasteiger charge is 2.41. The summed E-state index contributed by atoms with van der Waals surface area (Å²) in [5.74, 6) is -0.188. The number of halogens is 1. The molecule has 1 aromatic heterocycles. The summed E-state index contributed by atoms with van der Waals surface area (Å²) in [6.45, 7) is 1.55. The molecule has 8 heteroatoms. The fourth-order valence-electron chi connectivity index (χ4n) is 3.83. The number of hydrogen-bond donors (Lipinski definition) is 2. The number of amides is 2. The van der Waals surface area contributed by atoms with Gasteiger partial charge in [-0.15, -0.1) is 12.4 Å². The molecule has 1 aromatic carbocycles. The third-order valence-electron chi connectivity index (χ3n) is 5.17. The predicted octanol–water partition coefficient (Wildman–Crippen LogP) is 1.14. The van der Waals surface area contributed by atoms with Crippen molar-refractivity contribution in [2.75, 3.05) is 24.5 Å². The number of nitrogens with two attached hydrogens (primary N) is 1. The van der Waals surface area contributed by atoms with Crippen LogP contribution >= 0.6 is 12.4 Å². The molecule has 138 valence electrons. The molecule has 0 aliphatic carbocycles. The summed E-state index contributed by atoms with van der Waals surface area (Å²) < 4.78 is 0. The third kappa shape index (κ3) is 3.32. The van der Waals surface area contributed by atoms with Crippen molar-refractivity contribution in [3.05, 3.63) is 48.3 Å². The molecule has 2 aliphatic heterocycles. The smallest absolute Gasteiger partial charge is 0.228 e. The van der Waals surface area contributed by atoms with Crippen molar-refractivity contribution in [2.24, 2.45) is 11.7 Å². The van der Waals surface area contributed by atoms with Crippen LogP contribution in [0, 0.1) is 5.92 Å². The van der Waals surface area contributed by atoms with Crippen LogP contribution in [-0.4, -0.2) is 52.6 Å². The van der Waals surface area contributed by atoms with E-state index in [-0.39, 0.29) is 48.5 Å². The highest BCUT2D eigenvalue weighted by molar-refractivity contribution is 6.00. The summed E-state index contributed by atoms with van der Waals surface area (Å²) in [5, 5.41) is 6.57. The third-order valence-corrected chi connectivity index (χ3v) is 5.17. The average Bonchev–Trinajstić information content (AvgIpc) is 3.34. The molecule has 0 bridgehead atoms. The normalized spacial score (nSPS) is 25.4. The molecule has 0 radical (unpaired) electrons. The Hall–Kier alpha value is -2.38. The quantitative estimate of drug-likeness (QED) is 0.840. The van der Waals surface area contributed by atoms with Gasteiger partial charge in [-0.3, -0.25) is 14.7 Å². The Morgan fingerprint density at radius 1 is 1.19 bits per heavy atom. The summed E-state index contributed by atoms with van der Waals surface area (Å²) >= 11 is 0. The molecular weight excluding hydrogens is 354 g/mol. The van der Waals surface area contributed by atoms with Crippen LogP contribution in [0.3, 0.4) is 0 Å². The second kappa shape index (κ2) is 7.47. The molecule has 0 saturated carbocycles. The maximum absolute atomic E-state index is 12.9. The standard InChI is InChI=1S/C18H21N5O2.ClH/c19-16-11-22(10-15(16)12-4-2-1-3-5-12)18(25)13-6-17(24)23(9-13)14-7-20-21-8-14;/h1-5,7-8,13,15-16H,6,9-11,19H2,(H,20,21);1H/t13?,15-,16+;/m0./s1. The summed E-state index contributed by atoms with van der Waals surface area (Å²) in [6.07, 6.45) is 3.51. The lowest BCUT2D eigenvalue weighted by Crippen LogP contribution is -2.37. The number of rotatable bonds is 3. The maximum atomic E-state index is 12.9. The first-order valence-corrected chi connectivity index (χ1v) is 8.52. The summed E-state index contributed by atoms with van der Waals surface area (Å²) in [5.41, 5.74) is 8.15. The van der Waals surface area contributed by atoms with Crippen LogP contribution in [0.15, 0.2) is 42.7 Å². The van der Waals surface area contributed by atoms with E-state index in [1.807, 2.05) is 23.1 Å². The van der Waals surface area contributed by atoms with Gasteiger partial charge in [0.1, 0.15) is 0 Å². The first-order chi connectivity index (χ1) is 12.1. The van der Waals surface area contributed by atoms with Crippen molar-refractivity contribution in [3.63, 3.8) is 0 Å². The number of nitrogens with zero attached hydrogens (tertiary/aromatic N) is 3. The molecule has 2 aliphatic rings. The monoisotopic (exact) mass is 375 g/mol. The molecule has 4 rings (SSSR count). The Labute approximate surface area is 157 Å². The number of likely N-dealkylation sites (tertiary alicyclic amines) is 1. The van der Waals surface area contributed by atoms with Gasteiger partial charge in [-0.05, 0) is 5.56 Å². The molecule has 2 saturated heterocycles. The molecule has 26 heavy (non-hydrogen) atoms. The van der Waals surface area contributed by atoms with Crippen molar-refractivity contribution >= 4 is 29.9 Å². The van der Waals surface area contributed by atoms with E-state index >= 15 is 0 Å². The maximum Gasteiger partial charge on any atom is 0.228 e. The van der Waals surface area contributed by atoms with Gasteiger partial charge in [0.15, 0.2) is 0 Å². The van der Waals surface area contributed by atoms with E-state index in [1.54, 1.807) is 17.3 Å². The van der Waals surface area contributed by atoms with Gasteiger partial charge < -0.3 is 15.5 Å². The lowest BCUT2D eigenvalue weighted by molar-refractivity contribution is -0.134. The van der Waals surface area contributed by atoms with Gasteiger partial charge in [0, 0.05) is 44.2 Å². The molecule has 2 amide bonds. The lowest BCUT2D eigenvalue weighted by atomic mass is 9.95. The molecular formula is C18H22ClN5O2. The zero-order valence-electron chi connectivity index (χ0n) is 14.2. The fraction of sp³-hybridized carbons (Fsp3) is 0.389. The number of carbonyl (C=O) groups is 2. The van der Waals surface area contributed by atoms with Crippen LogP contribution in [0.4, 0.5) is 5.69 Å². The largest absolute Gasteiger partial charge is 0.340 e. The van der Waals surface area contributed by atoms with E-state index in [4.69, 9.17) is 5.73 Å².